The van der Waals surface area contributed by atoms with Gasteiger partial charge in [0.15, 0.2) is 0 Å². The van der Waals surface area contributed by atoms with Gasteiger partial charge in [-0.15, -0.1) is 11.3 Å². The van der Waals surface area contributed by atoms with Crippen LogP contribution in [0.3, 0.4) is 0 Å². The molecule has 21 heavy (non-hydrogen) atoms. The maximum Gasteiger partial charge on any atom is 0.0335 e. The first-order valence-corrected chi connectivity index (χ1v) is 7.96. The van der Waals surface area contributed by atoms with Gasteiger partial charge in [0.1, 0.15) is 0 Å². The number of aromatic nitrogens is 1. The van der Waals surface area contributed by atoms with Crippen LogP contribution in [0.1, 0.15) is 16.0 Å². The molecule has 0 radical (unpaired) electrons. The maximum absolute atomic E-state index is 4.10. The zero-order chi connectivity index (χ0) is 14.3. The van der Waals surface area contributed by atoms with Gasteiger partial charge in [-0.2, -0.15) is 0 Å². The van der Waals surface area contributed by atoms with Gasteiger partial charge in [0, 0.05) is 36.9 Å². The molecule has 0 bridgehead atoms. The monoisotopic (exact) mass is 294 g/mol. The van der Waals surface area contributed by atoms with Gasteiger partial charge in [-0.3, -0.25) is 9.88 Å². The van der Waals surface area contributed by atoms with Crippen LogP contribution < -0.4 is 0 Å². The van der Waals surface area contributed by atoms with Crippen LogP contribution >= 0.6 is 11.3 Å². The number of nitrogens with zero attached hydrogens (tertiary/aromatic N) is 2. The van der Waals surface area contributed by atoms with Gasteiger partial charge in [0.2, 0.25) is 0 Å². The number of rotatable bonds is 6. The second-order valence-corrected chi connectivity index (χ2v) is 6.10. The summed E-state index contributed by atoms with van der Waals surface area (Å²) in [5.41, 5.74) is 2.65. The van der Waals surface area contributed by atoms with Crippen molar-refractivity contribution in [3.63, 3.8) is 0 Å². The first-order chi connectivity index (χ1) is 10.4. The average molecular weight is 294 g/mol. The van der Waals surface area contributed by atoms with Crippen LogP contribution in [-0.4, -0.2) is 9.88 Å². The van der Waals surface area contributed by atoms with E-state index in [9.17, 15) is 0 Å². The fourth-order valence-electron chi connectivity index (χ4n) is 2.38. The Kier molecular flexibility index (Phi) is 4.77. The SMILES string of the molecule is c1ccc(CN(Cc2ccncc2)Cc2cccs2)cc1. The van der Waals surface area contributed by atoms with Crippen molar-refractivity contribution in [1.29, 1.82) is 0 Å². The first kappa shape index (κ1) is 14.0. The highest BCUT2D eigenvalue weighted by molar-refractivity contribution is 7.09. The van der Waals surface area contributed by atoms with Crippen LogP contribution in [0.2, 0.25) is 0 Å². The molecule has 0 aliphatic carbocycles. The molecule has 0 saturated carbocycles. The summed E-state index contributed by atoms with van der Waals surface area (Å²) in [6.45, 7) is 2.88. The Morgan fingerprint density at radius 1 is 0.762 bits per heavy atom. The summed E-state index contributed by atoms with van der Waals surface area (Å²) >= 11 is 1.82. The zero-order valence-electron chi connectivity index (χ0n) is 11.9. The molecule has 3 aromatic rings. The van der Waals surface area contributed by atoms with Crippen LogP contribution in [0.25, 0.3) is 0 Å². The summed E-state index contributed by atoms with van der Waals surface area (Å²) < 4.78 is 0. The quantitative estimate of drug-likeness (QED) is 0.672. The van der Waals surface area contributed by atoms with E-state index in [4.69, 9.17) is 0 Å². The van der Waals surface area contributed by atoms with Crippen LogP contribution in [-0.2, 0) is 19.6 Å². The number of pyridine rings is 1. The Hall–Kier alpha value is -1.97. The highest BCUT2D eigenvalue weighted by atomic mass is 32.1. The average Bonchev–Trinajstić information content (AvgIpc) is 3.02. The molecule has 1 aromatic carbocycles. The molecule has 0 saturated heterocycles. The Morgan fingerprint density at radius 2 is 1.48 bits per heavy atom. The van der Waals surface area contributed by atoms with Crippen LogP contribution in [0.15, 0.2) is 72.4 Å². The van der Waals surface area contributed by atoms with Gasteiger partial charge in [-0.1, -0.05) is 36.4 Å². The van der Waals surface area contributed by atoms with Crippen molar-refractivity contribution in [2.75, 3.05) is 0 Å². The normalized spacial score (nSPS) is 10.9. The predicted octanol–water partition coefficient (Wildman–Crippen LogP) is 4.35. The zero-order valence-corrected chi connectivity index (χ0v) is 12.7. The van der Waals surface area contributed by atoms with Crippen molar-refractivity contribution in [2.45, 2.75) is 19.6 Å². The molecule has 3 heteroatoms. The van der Waals surface area contributed by atoms with E-state index in [0.29, 0.717) is 0 Å². The fourth-order valence-corrected chi connectivity index (χ4v) is 3.12. The lowest BCUT2D eigenvalue weighted by atomic mass is 10.2. The molecule has 0 aliphatic heterocycles. The van der Waals surface area contributed by atoms with Crippen molar-refractivity contribution < 1.29 is 0 Å². The molecule has 0 aliphatic rings. The predicted molar refractivity (Wildman–Crippen MR) is 87.9 cm³/mol. The fraction of sp³-hybridized carbons (Fsp3) is 0.167. The number of hydrogen-bond acceptors (Lipinski definition) is 3. The van der Waals surface area contributed by atoms with Crippen LogP contribution in [0, 0.1) is 0 Å². The van der Waals surface area contributed by atoms with E-state index in [1.807, 2.05) is 23.7 Å². The number of hydrogen-bond donors (Lipinski definition) is 0. The van der Waals surface area contributed by atoms with Gasteiger partial charge in [-0.05, 0) is 34.7 Å². The van der Waals surface area contributed by atoms with Gasteiger partial charge in [0.25, 0.3) is 0 Å². The Balaban J connectivity index is 1.74. The number of thiophene rings is 1. The van der Waals surface area contributed by atoms with Gasteiger partial charge < -0.3 is 0 Å². The maximum atomic E-state index is 4.10. The third-order valence-corrected chi connectivity index (χ3v) is 4.23. The standard InChI is InChI=1S/C18H18N2S/c1-2-5-16(6-3-1)13-20(15-18-7-4-12-21-18)14-17-8-10-19-11-9-17/h1-12H,13-15H2. The molecule has 0 atom stereocenters. The second kappa shape index (κ2) is 7.16. The lowest BCUT2D eigenvalue weighted by Crippen LogP contribution is -2.21. The largest absolute Gasteiger partial charge is 0.290 e. The molecular weight excluding hydrogens is 276 g/mol. The summed E-state index contributed by atoms with van der Waals surface area (Å²) in [5, 5.41) is 2.14. The molecule has 0 amide bonds. The Morgan fingerprint density at radius 3 is 2.14 bits per heavy atom. The van der Waals surface area contributed by atoms with Crippen molar-refractivity contribution in [2.24, 2.45) is 0 Å². The van der Waals surface area contributed by atoms with E-state index in [1.54, 1.807) is 0 Å². The van der Waals surface area contributed by atoms with E-state index in [1.165, 1.54) is 16.0 Å². The minimum atomic E-state index is 0.940. The molecule has 0 spiro atoms. The third-order valence-electron chi connectivity index (χ3n) is 3.36. The van der Waals surface area contributed by atoms with Crippen molar-refractivity contribution >= 4 is 11.3 Å². The van der Waals surface area contributed by atoms with Gasteiger partial charge >= 0.3 is 0 Å². The summed E-state index contributed by atoms with van der Waals surface area (Å²) in [4.78, 5) is 7.97. The van der Waals surface area contributed by atoms with E-state index < -0.39 is 0 Å². The van der Waals surface area contributed by atoms with Crippen LogP contribution in [0.5, 0.6) is 0 Å². The molecule has 2 nitrogen and oxygen atoms in total. The van der Waals surface area contributed by atoms with E-state index in [-0.39, 0.29) is 0 Å². The molecule has 2 aromatic heterocycles. The summed E-state index contributed by atoms with van der Waals surface area (Å²) in [6, 6.07) is 19.1. The van der Waals surface area contributed by atoms with Crippen molar-refractivity contribution in [1.82, 2.24) is 9.88 Å². The first-order valence-electron chi connectivity index (χ1n) is 7.08. The molecule has 106 valence electrons. The second-order valence-electron chi connectivity index (χ2n) is 5.07. The van der Waals surface area contributed by atoms with E-state index in [0.717, 1.165) is 19.6 Å². The van der Waals surface area contributed by atoms with Crippen molar-refractivity contribution in [3.05, 3.63) is 88.4 Å². The molecule has 0 fully saturated rings. The minimum Gasteiger partial charge on any atom is -0.290 e. The Bertz CT molecular complexity index is 594. The van der Waals surface area contributed by atoms with Crippen molar-refractivity contribution in [3.8, 4) is 0 Å². The van der Waals surface area contributed by atoms with Crippen LogP contribution in [0.4, 0.5) is 0 Å². The smallest absolute Gasteiger partial charge is 0.0335 e. The molecule has 0 unspecified atom stereocenters. The highest BCUT2D eigenvalue weighted by Gasteiger charge is 2.08. The topological polar surface area (TPSA) is 16.1 Å². The molecule has 2 heterocycles. The lowest BCUT2D eigenvalue weighted by molar-refractivity contribution is 0.250. The highest BCUT2D eigenvalue weighted by Crippen LogP contribution is 2.16. The van der Waals surface area contributed by atoms with Gasteiger partial charge in [0.05, 0.1) is 0 Å². The summed E-state index contributed by atoms with van der Waals surface area (Å²) in [7, 11) is 0. The molecular formula is C18H18N2S. The Labute approximate surface area is 129 Å². The third kappa shape index (κ3) is 4.25. The van der Waals surface area contributed by atoms with Gasteiger partial charge in [-0.25, -0.2) is 0 Å². The number of benzene rings is 1. The summed E-state index contributed by atoms with van der Waals surface area (Å²) in [6.07, 6.45) is 3.72. The van der Waals surface area contributed by atoms with E-state index in [2.05, 4.69) is 69.9 Å². The van der Waals surface area contributed by atoms with E-state index >= 15 is 0 Å². The molecule has 0 N–H and O–H groups in total. The molecule has 3 rings (SSSR count). The minimum absolute atomic E-state index is 0.940. The lowest BCUT2D eigenvalue weighted by Gasteiger charge is -2.22. The summed E-state index contributed by atoms with van der Waals surface area (Å²) in [5.74, 6) is 0.